The molecule has 0 bridgehead atoms. The Morgan fingerprint density at radius 1 is 0.286 bits per heavy atom. The number of carbonyl (C=O) groups excluding carboxylic acids is 3. The van der Waals surface area contributed by atoms with Gasteiger partial charge < -0.3 is 14.2 Å². The van der Waals surface area contributed by atoms with E-state index in [1.807, 2.05) is 6.08 Å². The van der Waals surface area contributed by atoms with Crippen molar-refractivity contribution in [1.29, 1.82) is 0 Å². The van der Waals surface area contributed by atoms with Gasteiger partial charge >= 0.3 is 17.9 Å². The van der Waals surface area contributed by atoms with Gasteiger partial charge in [-0.25, -0.2) is 0 Å². The lowest BCUT2D eigenvalue weighted by Crippen LogP contribution is -2.30. The molecule has 0 amide bonds. The SMILES string of the molecule is CC/C=C\C/C=C\C/C=C\C/C=C\C/C=C\CC(=O)OC(COC(=O)CCCCC/C=C\C/C=C\C/C=C\CC)COC(=O)CCCCCCCCCCCCCCCCCCCCCCCCCCCCCCCCC. The molecule has 0 N–H and O–H groups in total. The molecular weight excluding hydrogens is 949 g/mol. The van der Waals surface area contributed by atoms with Crippen LogP contribution in [0, 0.1) is 0 Å². The van der Waals surface area contributed by atoms with E-state index in [2.05, 4.69) is 106 Å². The number of esters is 3. The van der Waals surface area contributed by atoms with Crippen LogP contribution in [0.15, 0.2) is 97.2 Å². The molecule has 0 fully saturated rings. The Morgan fingerprint density at radius 2 is 0.545 bits per heavy atom. The maximum Gasteiger partial charge on any atom is 0.310 e. The van der Waals surface area contributed by atoms with Gasteiger partial charge in [0.15, 0.2) is 6.10 Å². The average molecular weight is 1070 g/mol. The molecule has 6 heteroatoms. The predicted octanol–water partition coefficient (Wildman–Crippen LogP) is 22.4. The Bertz CT molecular complexity index is 1510. The molecule has 0 spiro atoms. The van der Waals surface area contributed by atoms with Crippen molar-refractivity contribution in [2.45, 2.75) is 322 Å². The fourth-order valence-corrected chi connectivity index (χ4v) is 9.30. The van der Waals surface area contributed by atoms with Crippen molar-refractivity contribution in [2.75, 3.05) is 13.2 Å². The molecule has 442 valence electrons. The first-order valence-corrected chi connectivity index (χ1v) is 32.7. The second kappa shape index (κ2) is 64.9. The van der Waals surface area contributed by atoms with Crippen molar-refractivity contribution in [3.05, 3.63) is 97.2 Å². The predicted molar refractivity (Wildman–Crippen MR) is 334 cm³/mol. The molecule has 0 aromatic carbocycles. The van der Waals surface area contributed by atoms with Crippen molar-refractivity contribution in [3.63, 3.8) is 0 Å². The Morgan fingerprint density at radius 3 is 0.857 bits per heavy atom. The molecule has 0 aromatic rings. The van der Waals surface area contributed by atoms with Crippen LogP contribution in [0.3, 0.4) is 0 Å². The molecule has 0 heterocycles. The lowest BCUT2D eigenvalue weighted by molar-refractivity contribution is -0.166. The van der Waals surface area contributed by atoms with Crippen LogP contribution in [0.2, 0.25) is 0 Å². The number of hydrogen-bond donors (Lipinski definition) is 0. The normalized spacial score (nSPS) is 12.7. The topological polar surface area (TPSA) is 78.9 Å². The van der Waals surface area contributed by atoms with Crippen LogP contribution in [0.5, 0.6) is 0 Å². The monoisotopic (exact) mass is 1070 g/mol. The average Bonchev–Trinajstić information content (AvgIpc) is 3.43. The van der Waals surface area contributed by atoms with E-state index in [0.717, 1.165) is 89.9 Å². The summed E-state index contributed by atoms with van der Waals surface area (Å²) in [6, 6.07) is 0. The van der Waals surface area contributed by atoms with E-state index in [1.165, 1.54) is 180 Å². The summed E-state index contributed by atoms with van der Waals surface area (Å²) in [5.41, 5.74) is 0. The number of allylic oxidation sites excluding steroid dienone is 15. The number of carbonyl (C=O) groups is 3. The van der Waals surface area contributed by atoms with E-state index < -0.39 is 12.1 Å². The van der Waals surface area contributed by atoms with Crippen molar-refractivity contribution < 1.29 is 28.6 Å². The van der Waals surface area contributed by atoms with E-state index in [0.29, 0.717) is 19.3 Å². The number of unbranched alkanes of at least 4 members (excludes halogenated alkanes) is 33. The Kier molecular flexibility index (Phi) is 61.8. The molecule has 0 radical (unpaired) electrons. The third kappa shape index (κ3) is 63.0. The first kappa shape index (κ1) is 73.3. The van der Waals surface area contributed by atoms with Crippen LogP contribution >= 0.6 is 0 Å². The second-order valence-corrected chi connectivity index (χ2v) is 21.6. The van der Waals surface area contributed by atoms with Crippen molar-refractivity contribution >= 4 is 17.9 Å². The highest BCUT2D eigenvalue weighted by Crippen LogP contribution is 2.18. The number of rotatable bonds is 59. The molecule has 0 aliphatic heterocycles. The van der Waals surface area contributed by atoms with Crippen LogP contribution < -0.4 is 0 Å². The van der Waals surface area contributed by atoms with Crippen molar-refractivity contribution in [2.24, 2.45) is 0 Å². The molecule has 1 unspecified atom stereocenters. The van der Waals surface area contributed by atoms with E-state index in [-0.39, 0.29) is 31.6 Å². The highest BCUT2D eigenvalue weighted by Gasteiger charge is 2.19. The minimum absolute atomic E-state index is 0.0899. The van der Waals surface area contributed by atoms with E-state index >= 15 is 0 Å². The molecular formula is C71H122O6. The zero-order valence-electron chi connectivity index (χ0n) is 50.7. The minimum atomic E-state index is -0.844. The molecule has 6 nitrogen and oxygen atoms in total. The van der Waals surface area contributed by atoms with Crippen LogP contribution in [-0.4, -0.2) is 37.2 Å². The number of hydrogen-bond acceptors (Lipinski definition) is 6. The third-order valence-corrected chi connectivity index (χ3v) is 14.1. The summed E-state index contributed by atoms with van der Waals surface area (Å²) in [5.74, 6) is -1.08. The van der Waals surface area contributed by atoms with Gasteiger partial charge in [0.25, 0.3) is 0 Å². The Labute approximate surface area is 477 Å². The quantitative estimate of drug-likeness (QED) is 0.0261. The fourth-order valence-electron chi connectivity index (χ4n) is 9.30. The van der Waals surface area contributed by atoms with Gasteiger partial charge in [-0.15, -0.1) is 0 Å². The molecule has 0 aliphatic rings. The fraction of sp³-hybridized carbons (Fsp3) is 0.732. The summed E-state index contributed by atoms with van der Waals surface area (Å²) in [7, 11) is 0. The highest BCUT2D eigenvalue weighted by molar-refractivity contribution is 5.72. The molecule has 77 heavy (non-hydrogen) atoms. The van der Waals surface area contributed by atoms with Gasteiger partial charge in [0.1, 0.15) is 13.2 Å². The van der Waals surface area contributed by atoms with Gasteiger partial charge in [-0.3, -0.25) is 14.4 Å². The van der Waals surface area contributed by atoms with Gasteiger partial charge in [-0.1, -0.05) is 317 Å². The van der Waals surface area contributed by atoms with E-state index in [4.69, 9.17) is 14.2 Å². The van der Waals surface area contributed by atoms with Crippen LogP contribution in [-0.2, 0) is 28.6 Å². The Balaban J connectivity index is 4.21. The largest absolute Gasteiger partial charge is 0.462 e. The standard InChI is InChI=1S/C71H122O6/c1-4-7-10-13-16-19-22-25-27-28-29-30-31-32-33-34-35-36-37-38-39-40-41-42-44-46-49-52-55-58-61-64-70(73)76-67-68(66-75-69(72)63-60-57-54-51-48-45-24-21-18-15-12-9-6-3)77-71(74)65-62-59-56-53-50-47-43-26-23-20-17-14-11-8-5-2/h8-9,11-12,17-18,20-21,26,43,45,48,50,53,59,62,68H,4-7,10,13-16,19,22-25,27-42,44,46-47,49,51-52,54-58,60-61,63-67H2,1-3H3/b11-8-,12-9-,20-17-,21-18-,43-26-,48-45-,53-50-,62-59-. The zero-order valence-corrected chi connectivity index (χ0v) is 50.7. The van der Waals surface area contributed by atoms with Crippen molar-refractivity contribution in [1.82, 2.24) is 0 Å². The van der Waals surface area contributed by atoms with Crippen LogP contribution in [0.4, 0.5) is 0 Å². The van der Waals surface area contributed by atoms with Gasteiger partial charge in [0.05, 0.1) is 6.42 Å². The summed E-state index contributed by atoms with van der Waals surface area (Å²) in [4.78, 5) is 38.1. The maximum atomic E-state index is 12.8. The minimum Gasteiger partial charge on any atom is -0.462 e. The zero-order chi connectivity index (χ0) is 55.7. The van der Waals surface area contributed by atoms with Gasteiger partial charge in [-0.05, 0) is 77.0 Å². The molecule has 0 saturated carbocycles. The summed E-state index contributed by atoms with van der Waals surface area (Å²) in [6.07, 6.45) is 87.7. The Hall–Kier alpha value is -3.67. The number of ether oxygens (including phenoxy) is 3. The molecule has 1 atom stereocenters. The molecule has 0 saturated heterocycles. The van der Waals surface area contributed by atoms with Crippen LogP contribution in [0.25, 0.3) is 0 Å². The second-order valence-electron chi connectivity index (χ2n) is 21.6. The molecule has 0 rings (SSSR count). The lowest BCUT2D eigenvalue weighted by atomic mass is 10.0. The van der Waals surface area contributed by atoms with E-state index in [9.17, 15) is 14.4 Å². The summed E-state index contributed by atoms with van der Waals surface area (Å²) in [5, 5.41) is 0. The van der Waals surface area contributed by atoms with E-state index in [1.54, 1.807) is 6.08 Å². The van der Waals surface area contributed by atoms with Gasteiger partial charge in [-0.2, -0.15) is 0 Å². The van der Waals surface area contributed by atoms with Gasteiger partial charge in [0, 0.05) is 12.8 Å². The molecule has 0 aromatic heterocycles. The van der Waals surface area contributed by atoms with Crippen molar-refractivity contribution in [3.8, 4) is 0 Å². The summed E-state index contributed by atoms with van der Waals surface area (Å²) in [6.45, 7) is 6.33. The first-order chi connectivity index (χ1) is 38.0. The maximum absolute atomic E-state index is 12.8. The summed E-state index contributed by atoms with van der Waals surface area (Å²) >= 11 is 0. The van der Waals surface area contributed by atoms with Gasteiger partial charge in [0.2, 0.25) is 0 Å². The summed E-state index contributed by atoms with van der Waals surface area (Å²) < 4.78 is 16.7. The van der Waals surface area contributed by atoms with Crippen LogP contribution in [0.1, 0.15) is 316 Å². The molecule has 0 aliphatic carbocycles. The first-order valence-electron chi connectivity index (χ1n) is 32.7. The lowest BCUT2D eigenvalue weighted by Gasteiger charge is -2.18. The highest BCUT2D eigenvalue weighted by atomic mass is 16.6. The smallest absolute Gasteiger partial charge is 0.310 e. The third-order valence-electron chi connectivity index (χ3n) is 14.1.